The average Bonchev–Trinajstić information content (AvgIpc) is 2.27. The van der Waals surface area contributed by atoms with Gasteiger partial charge in [0.05, 0.1) is 5.92 Å². The minimum absolute atomic E-state index is 0.403. The minimum atomic E-state index is -0.767. The number of aliphatic carboxylic acids is 1. The third-order valence-corrected chi connectivity index (χ3v) is 3.22. The van der Waals surface area contributed by atoms with Crippen LogP contribution in [-0.4, -0.2) is 24.2 Å². The van der Waals surface area contributed by atoms with Gasteiger partial charge < -0.3 is 10.0 Å². The Hall–Kier alpha value is -1.77. The van der Waals surface area contributed by atoms with Crippen LogP contribution in [0, 0.1) is 26.7 Å². The summed E-state index contributed by atoms with van der Waals surface area (Å²) in [5.74, 6) is -1.17. The average molecular weight is 261 g/mol. The second-order valence-corrected chi connectivity index (χ2v) is 5.18. The number of benzene rings is 1. The summed E-state index contributed by atoms with van der Waals surface area (Å²) in [5.41, 5.74) is 4.70. The lowest BCUT2D eigenvalue weighted by Gasteiger charge is -2.29. The fourth-order valence-electron chi connectivity index (χ4n) is 2.49. The van der Waals surface area contributed by atoms with Crippen molar-refractivity contribution in [1.29, 1.82) is 0 Å². The molecule has 3 nitrogen and oxygen atoms in total. The molecule has 1 rings (SSSR count). The zero-order chi connectivity index (χ0) is 14.6. The van der Waals surface area contributed by atoms with Gasteiger partial charge in [-0.15, -0.1) is 6.58 Å². The van der Waals surface area contributed by atoms with E-state index in [1.807, 2.05) is 6.08 Å². The molecule has 0 fully saturated rings. The number of carbonyl (C=O) groups is 1. The summed E-state index contributed by atoms with van der Waals surface area (Å²) in [7, 11) is 0. The van der Waals surface area contributed by atoms with E-state index in [1.54, 1.807) is 6.92 Å². The van der Waals surface area contributed by atoms with E-state index in [-0.39, 0.29) is 0 Å². The molecule has 0 aliphatic heterocycles. The molecule has 0 aliphatic rings. The highest BCUT2D eigenvalue weighted by molar-refractivity contribution is 5.71. The Morgan fingerprint density at radius 3 is 2.32 bits per heavy atom. The molecular weight excluding hydrogens is 238 g/mol. The van der Waals surface area contributed by atoms with Crippen molar-refractivity contribution < 1.29 is 9.90 Å². The van der Waals surface area contributed by atoms with Crippen LogP contribution in [0.3, 0.4) is 0 Å². The maximum Gasteiger partial charge on any atom is 0.308 e. The van der Waals surface area contributed by atoms with Gasteiger partial charge in [-0.3, -0.25) is 4.79 Å². The first-order chi connectivity index (χ1) is 8.86. The van der Waals surface area contributed by atoms with Gasteiger partial charge in [-0.25, -0.2) is 0 Å². The lowest BCUT2D eigenvalue weighted by Crippen LogP contribution is -2.33. The van der Waals surface area contributed by atoms with Gasteiger partial charge in [-0.05, 0) is 31.9 Å². The Morgan fingerprint density at radius 1 is 1.37 bits per heavy atom. The van der Waals surface area contributed by atoms with E-state index in [1.165, 1.54) is 16.7 Å². The second-order valence-electron chi connectivity index (χ2n) is 5.18. The maximum absolute atomic E-state index is 11.0. The maximum atomic E-state index is 11.0. The zero-order valence-electron chi connectivity index (χ0n) is 12.2. The molecule has 1 N–H and O–H groups in total. The van der Waals surface area contributed by atoms with Crippen LogP contribution in [0.15, 0.2) is 24.8 Å². The van der Waals surface area contributed by atoms with Crippen LogP contribution >= 0.6 is 0 Å². The van der Waals surface area contributed by atoms with Gasteiger partial charge in [0.25, 0.3) is 0 Å². The standard InChI is InChI=1S/C16H23NO2/c1-6-7-17(10-14(5)16(18)19)15-12(3)8-11(2)9-13(15)4/h6,8-9,14H,1,7,10H2,2-5H3,(H,18,19). The fourth-order valence-corrected chi connectivity index (χ4v) is 2.49. The van der Waals surface area contributed by atoms with E-state index in [2.05, 4.69) is 44.4 Å². The van der Waals surface area contributed by atoms with Crippen molar-refractivity contribution in [3.05, 3.63) is 41.5 Å². The summed E-state index contributed by atoms with van der Waals surface area (Å²) >= 11 is 0. The molecular formula is C16H23NO2. The van der Waals surface area contributed by atoms with Gasteiger partial charge in [0, 0.05) is 18.8 Å². The van der Waals surface area contributed by atoms with Gasteiger partial charge in [0.2, 0.25) is 0 Å². The number of rotatable bonds is 6. The van der Waals surface area contributed by atoms with Gasteiger partial charge >= 0.3 is 5.97 Å². The molecule has 1 aromatic rings. The van der Waals surface area contributed by atoms with Crippen LogP contribution in [0.25, 0.3) is 0 Å². The molecule has 1 unspecified atom stereocenters. The molecule has 0 bridgehead atoms. The third kappa shape index (κ3) is 3.85. The van der Waals surface area contributed by atoms with Crippen molar-refractivity contribution in [2.24, 2.45) is 5.92 Å². The van der Waals surface area contributed by atoms with Crippen LogP contribution in [0.4, 0.5) is 5.69 Å². The molecule has 0 amide bonds. The smallest absolute Gasteiger partial charge is 0.308 e. The van der Waals surface area contributed by atoms with Crippen molar-refractivity contribution in [1.82, 2.24) is 0 Å². The molecule has 0 saturated carbocycles. The van der Waals surface area contributed by atoms with Crippen LogP contribution in [0.5, 0.6) is 0 Å². The minimum Gasteiger partial charge on any atom is -0.481 e. The normalized spacial score (nSPS) is 12.0. The van der Waals surface area contributed by atoms with Crippen molar-refractivity contribution in [2.75, 3.05) is 18.0 Å². The second kappa shape index (κ2) is 6.41. The Balaban J connectivity index is 3.12. The quantitative estimate of drug-likeness (QED) is 0.799. The van der Waals surface area contributed by atoms with E-state index in [0.717, 1.165) is 5.69 Å². The summed E-state index contributed by atoms with van der Waals surface area (Å²) in [5, 5.41) is 9.08. The van der Waals surface area contributed by atoms with Crippen molar-refractivity contribution in [2.45, 2.75) is 27.7 Å². The number of hydrogen-bond acceptors (Lipinski definition) is 2. The van der Waals surface area contributed by atoms with E-state index < -0.39 is 11.9 Å². The number of carboxylic acid groups (broad SMARTS) is 1. The number of anilines is 1. The number of nitrogens with zero attached hydrogens (tertiary/aromatic N) is 1. The highest BCUT2D eigenvalue weighted by atomic mass is 16.4. The monoisotopic (exact) mass is 261 g/mol. The molecule has 1 atom stereocenters. The molecule has 1 aromatic carbocycles. The van der Waals surface area contributed by atoms with Crippen molar-refractivity contribution >= 4 is 11.7 Å². The van der Waals surface area contributed by atoms with Crippen LogP contribution < -0.4 is 4.90 Å². The molecule has 3 heteroatoms. The first-order valence-electron chi connectivity index (χ1n) is 6.53. The molecule has 19 heavy (non-hydrogen) atoms. The zero-order valence-corrected chi connectivity index (χ0v) is 12.2. The van der Waals surface area contributed by atoms with E-state index in [0.29, 0.717) is 13.1 Å². The largest absolute Gasteiger partial charge is 0.481 e. The third-order valence-electron chi connectivity index (χ3n) is 3.22. The van der Waals surface area contributed by atoms with E-state index in [4.69, 9.17) is 5.11 Å². The summed E-state index contributed by atoms with van der Waals surface area (Å²) in [4.78, 5) is 13.1. The van der Waals surface area contributed by atoms with Gasteiger partial charge in [-0.1, -0.05) is 30.7 Å². The first kappa shape index (κ1) is 15.3. The van der Waals surface area contributed by atoms with E-state index in [9.17, 15) is 4.79 Å². The lowest BCUT2D eigenvalue weighted by molar-refractivity contribution is -0.140. The Bertz CT molecular complexity index is 457. The van der Waals surface area contributed by atoms with Crippen LogP contribution in [-0.2, 0) is 4.79 Å². The molecule has 0 aliphatic carbocycles. The van der Waals surface area contributed by atoms with Crippen molar-refractivity contribution in [3.8, 4) is 0 Å². The molecule has 0 radical (unpaired) electrons. The summed E-state index contributed by atoms with van der Waals surface area (Å²) in [6, 6.07) is 4.26. The molecule has 0 aromatic heterocycles. The predicted molar refractivity (Wildman–Crippen MR) is 79.9 cm³/mol. The highest BCUT2D eigenvalue weighted by Gasteiger charge is 2.18. The number of carboxylic acids is 1. The van der Waals surface area contributed by atoms with Gasteiger partial charge in [0.15, 0.2) is 0 Å². The Morgan fingerprint density at radius 2 is 1.89 bits per heavy atom. The molecule has 0 saturated heterocycles. The summed E-state index contributed by atoms with van der Waals surface area (Å²) in [6.07, 6.45) is 1.81. The van der Waals surface area contributed by atoms with E-state index >= 15 is 0 Å². The Labute approximate surface area is 115 Å². The topological polar surface area (TPSA) is 40.5 Å². The highest BCUT2D eigenvalue weighted by Crippen LogP contribution is 2.27. The van der Waals surface area contributed by atoms with Crippen LogP contribution in [0.2, 0.25) is 0 Å². The van der Waals surface area contributed by atoms with Gasteiger partial charge in [0.1, 0.15) is 0 Å². The van der Waals surface area contributed by atoms with Gasteiger partial charge in [-0.2, -0.15) is 0 Å². The molecule has 104 valence electrons. The predicted octanol–water partition coefficient (Wildman–Crippen LogP) is 3.32. The van der Waals surface area contributed by atoms with Crippen LogP contribution in [0.1, 0.15) is 23.6 Å². The molecule has 0 spiro atoms. The number of aryl methyl sites for hydroxylation is 3. The summed E-state index contributed by atoms with van der Waals surface area (Å²) in [6.45, 7) is 12.9. The van der Waals surface area contributed by atoms with Crippen molar-refractivity contribution in [3.63, 3.8) is 0 Å². The lowest BCUT2D eigenvalue weighted by atomic mass is 10.0. The summed E-state index contributed by atoms with van der Waals surface area (Å²) < 4.78 is 0. The first-order valence-corrected chi connectivity index (χ1v) is 6.53. The fraction of sp³-hybridized carbons (Fsp3) is 0.438. The Kier molecular flexibility index (Phi) is 5.16. The SMILES string of the molecule is C=CCN(CC(C)C(=O)O)c1c(C)cc(C)cc1C. The molecule has 0 heterocycles. The number of hydrogen-bond donors (Lipinski definition) is 1.